The molecular formula is C15H30N2O2. The first-order valence-electron chi connectivity index (χ1n) is 7.67. The summed E-state index contributed by atoms with van der Waals surface area (Å²) < 4.78 is 10.8. The molecule has 0 spiro atoms. The van der Waals surface area contributed by atoms with Gasteiger partial charge in [-0.2, -0.15) is 0 Å². The van der Waals surface area contributed by atoms with Crippen molar-refractivity contribution in [3.05, 3.63) is 0 Å². The van der Waals surface area contributed by atoms with Crippen molar-refractivity contribution in [1.29, 1.82) is 0 Å². The Labute approximate surface area is 117 Å². The number of nitrogens with zero attached hydrogens (tertiary/aromatic N) is 1. The van der Waals surface area contributed by atoms with Crippen molar-refractivity contribution in [1.82, 2.24) is 4.90 Å². The molecule has 2 N–H and O–H groups in total. The maximum atomic E-state index is 6.11. The van der Waals surface area contributed by atoms with Crippen LogP contribution in [0.3, 0.4) is 0 Å². The first-order chi connectivity index (χ1) is 9.14. The van der Waals surface area contributed by atoms with Crippen molar-refractivity contribution in [3.8, 4) is 0 Å². The van der Waals surface area contributed by atoms with E-state index in [1.54, 1.807) is 14.2 Å². The van der Waals surface area contributed by atoms with Crippen LogP contribution in [0.2, 0.25) is 0 Å². The summed E-state index contributed by atoms with van der Waals surface area (Å²) in [7, 11) is 3.41. The number of hydrogen-bond donors (Lipinski definition) is 1. The molecule has 0 bridgehead atoms. The lowest BCUT2D eigenvalue weighted by molar-refractivity contribution is -0.130. The number of nitrogens with two attached hydrogens (primary N) is 1. The van der Waals surface area contributed by atoms with Gasteiger partial charge in [-0.15, -0.1) is 0 Å². The van der Waals surface area contributed by atoms with Crippen molar-refractivity contribution < 1.29 is 9.47 Å². The second-order valence-corrected chi connectivity index (χ2v) is 6.40. The molecular weight excluding hydrogens is 240 g/mol. The van der Waals surface area contributed by atoms with Gasteiger partial charge in [0.15, 0.2) is 6.29 Å². The van der Waals surface area contributed by atoms with E-state index in [4.69, 9.17) is 15.2 Å². The molecule has 112 valence electrons. The Bertz CT molecular complexity index is 283. The summed E-state index contributed by atoms with van der Waals surface area (Å²) in [6.07, 6.45) is 7.55. The van der Waals surface area contributed by atoms with E-state index in [2.05, 4.69) is 11.8 Å². The molecule has 0 amide bonds. The van der Waals surface area contributed by atoms with E-state index in [1.807, 2.05) is 0 Å². The van der Waals surface area contributed by atoms with E-state index in [0.29, 0.717) is 6.54 Å². The van der Waals surface area contributed by atoms with Gasteiger partial charge < -0.3 is 15.2 Å². The molecule has 2 fully saturated rings. The van der Waals surface area contributed by atoms with Gasteiger partial charge >= 0.3 is 0 Å². The molecule has 0 aromatic rings. The van der Waals surface area contributed by atoms with Crippen LogP contribution in [0.1, 0.15) is 45.4 Å². The average molecular weight is 270 g/mol. The molecule has 4 heteroatoms. The molecule has 3 unspecified atom stereocenters. The number of methoxy groups -OCH3 is 2. The number of hydrogen-bond acceptors (Lipinski definition) is 4. The molecule has 1 aliphatic heterocycles. The van der Waals surface area contributed by atoms with Crippen molar-refractivity contribution in [3.63, 3.8) is 0 Å². The summed E-state index contributed by atoms with van der Waals surface area (Å²) in [5.41, 5.74) is 6.11. The van der Waals surface area contributed by atoms with Gasteiger partial charge in [-0.05, 0) is 38.6 Å². The van der Waals surface area contributed by atoms with Crippen LogP contribution in [0, 0.1) is 5.92 Å². The Morgan fingerprint density at radius 1 is 1.21 bits per heavy atom. The van der Waals surface area contributed by atoms with Crippen molar-refractivity contribution in [2.75, 3.05) is 27.3 Å². The predicted molar refractivity (Wildman–Crippen MR) is 77.0 cm³/mol. The first-order valence-corrected chi connectivity index (χ1v) is 7.67. The quantitative estimate of drug-likeness (QED) is 0.750. The highest BCUT2D eigenvalue weighted by Gasteiger charge is 2.44. The zero-order valence-electron chi connectivity index (χ0n) is 12.7. The maximum Gasteiger partial charge on any atom is 0.158 e. The standard InChI is InChI=1S/C15H30N2O2/c1-15(11-16,10-14(18-2)19-3)17-9-8-12-6-4-5-7-13(12)17/h12-14H,4-11,16H2,1-3H3. The molecule has 2 rings (SSSR count). The second kappa shape index (κ2) is 6.53. The Balaban J connectivity index is 2.07. The van der Waals surface area contributed by atoms with Crippen LogP contribution in [0.5, 0.6) is 0 Å². The van der Waals surface area contributed by atoms with Crippen LogP contribution < -0.4 is 5.73 Å². The molecule has 1 saturated heterocycles. The normalized spacial score (nSPS) is 31.4. The maximum absolute atomic E-state index is 6.11. The van der Waals surface area contributed by atoms with Crippen LogP contribution in [0.25, 0.3) is 0 Å². The minimum Gasteiger partial charge on any atom is -0.356 e. The van der Waals surface area contributed by atoms with Gasteiger partial charge in [-0.25, -0.2) is 0 Å². The van der Waals surface area contributed by atoms with E-state index in [9.17, 15) is 0 Å². The number of rotatable bonds is 6. The summed E-state index contributed by atoms with van der Waals surface area (Å²) in [6, 6.07) is 0.733. The minimum absolute atomic E-state index is 0.00650. The lowest BCUT2D eigenvalue weighted by Crippen LogP contribution is -2.56. The van der Waals surface area contributed by atoms with Gasteiger partial charge in [-0.3, -0.25) is 4.90 Å². The van der Waals surface area contributed by atoms with E-state index < -0.39 is 0 Å². The Morgan fingerprint density at radius 2 is 1.89 bits per heavy atom. The molecule has 4 nitrogen and oxygen atoms in total. The molecule has 1 heterocycles. The van der Waals surface area contributed by atoms with Crippen LogP contribution in [0.4, 0.5) is 0 Å². The Morgan fingerprint density at radius 3 is 2.53 bits per heavy atom. The van der Waals surface area contributed by atoms with Crippen LogP contribution in [0.15, 0.2) is 0 Å². The SMILES string of the molecule is COC(CC(C)(CN)N1CCC2CCCCC21)OC. The average Bonchev–Trinajstić information content (AvgIpc) is 2.89. The highest BCUT2D eigenvalue weighted by molar-refractivity contribution is 4.99. The smallest absolute Gasteiger partial charge is 0.158 e. The van der Waals surface area contributed by atoms with E-state index in [1.165, 1.54) is 38.6 Å². The monoisotopic (exact) mass is 270 g/mol. The summed E-state index contributed by atoms with van der Waals surface area (Å²) in [5.74, 6) is 0.892. The van der Waals surface area contributed by atoms with Crippen molar-refractivity contribution in [2.24, 2.45) is 11.7 Å². The Kier molecular flexibility index (Phi) is 5.23. The summed E-state index contributed by atoms with van der Waals surface area (Å²) >= 11 is 0. The molecule has 0 radical (unpaired) electrons. The van der Waals surface area contributed by atoms with Crippen LogP contribution >= 0.6 is 0 Å². The third-order valence-corrected chi connectivity index (χ3v) is 5.28. The number of likely N-dealkylation sites (tertiary alicyclic amines) is 1. The lowest BCUT2D eigenvalue weighted by atomic mass is 9.83. The summed E-state index contributed by atoms with van der Waals surface area (Å²) in [4.78, 5) is 2.65. The van der Waals surface area contributed by atoms with Crippen molar-refractivity contribution >= 4 is 0 Å². The summed E-state index contributed by atoms with van der Waals surface area (Å²) in [5, 5.41) is 0. The number of fused-ring (bicyclic) bond motifs is 1. The minimum atomic E-state index is -0.156. The highest BCUT2D eigenvalue weighted by Crippen LogP contribution is 2.40. The second-order valence-electron chi connectivity index (χ2n) is 6.40. The first kappa shape index (κ1) is 15.2. The molecule has 19 heavy (non-hydrogen) atoms. The van der Waals surface area contributed by atoms with Crippen LogP contribution in [-0.4, -0.2) is 50.1 Å². The fourth-order valence-corrected chi connectivity index (χ4v) is 4.02. The predicted octanol–water partition coefficient (Wildman–Crippen LogP) is 1.98. The molecule has 0 aromatic heterocycles. The lowest BCUT2D eigenvalue weighted by Gasteiger charge is -2.45. The molecule has 2 aliphatic rings. The number of ether oxygens (including phenoxy) is 2. The molecule has 1 aliphatic carbocycles. The van der Waals surface area contributed by atoms with Gasteiger partial charge in [0.1, 0.15) is 0 Å². The van der Waals surface area contributed by atoms with Crippen LogP contribution in [-0.2, 0) is 9.47 Å². The van der Waals surface area contributed by atoms with Gasteiger partial charge in [0.2, 0.25) is 0 Å². The van der Waals surface area contributed by atoms with Gasteiger partial charge in [-0.1, -0.05) is 12.8 Å². The fourth-order valence-electron chi connectivity index (χ4n) is 4.02. The van der Waals surface area contributed by atoms with Gasteiger partial charge in [0.25, 0.3) is 0 Å². The van der Waals surface area contributed by atoms with E-state index in [-0.39, 0.29) is 11.8 Å². The third kappa shape index (κ3) is 3.13. The molecule has 0 aromatic carbocycles. The summed E-state index contributed by atoms with van der Waals surface area (Å²) in [6.45, 7) is 4.12. The fraction of sp³-hybridized carbons (Fsp3) is 1.00. The van der Waals surface area contributed by atoms with Crippen molar-refractivity contribution in [2.45, 2.75) is 63.3 Å². The van der Waals surface area contributed by atoms with Gasteiger partial charge in [0.05, 0.1) is 0 Å². The zero-order valence-corrected chi connectivity index (χ0v) is 12.7. The largest absolute Gasteiger partial charge is 0.356 e. The van der Waals surface area contributed by atoms with Gasteiger partial charge in [0, 0.05) is 38.8 Å². The topological polar surface area (TPSA) is 47.7 Å². The molecule has 1 saturated carbocycles. The van der Waals surface area contributed by atoms with E-state index in [0.717, 1.165) is 18.4 Å². The molecule has 3 atom stereocenters. The third-order valence-electron chi connectivity index (χ3n) is 5.28. The van der Waals surface area contributed by atoms with E-state index >= 15 is 0 Å². The Hall–Kier alpha value is -0.160. The highest BCUT2D eigenvalue weighted by atomic mass is 16.7. The zero-order chi connectivity index (χ0) is 13.9.